The van der Waals surface area contributed by atoms with Crippen LogP contribution in [0, 0.1) is 0 Å². The molecule has 0 unspecified atom stereocenters. The van der Waals surface area contributed by atoms with E-state index in [-0.39, 0.29) is 0 Å². The minimum absolute atomic E-state index is 0.293. The third-order valence-corrected chi connectivity index (χ3v) is 4.57. The van der Waals surface area contributed by atoms with E-state index in [0.717, 1.165) is 37.1 Å². The highest BCUT2D eigenvalue weighted by molar-refractivity contribution is 6.47. The molecule has 1 heterocycles. The van der Waals surface area contributed by atoms with Gasteiger partial charge < -0.3 is 19.2 Å². The van der Waals surface area contributed by atoms with E-state index in [1.165, 1.54) is 0 Å². The van der Waals surface area contributed by atoms with E-state index in [1.807, 2.05) is 26.0 Å². The van der Waals surface area contributed by atoms with Crippen molar-refractivity contribution >= 4 is 12.9 Å². The van der Waals surface area contributed by atoms with Crippen LogP contribution in [0.25, 0.3) is 0 Å². The van der Waals surface area contributed by atoms with E-state index < -0.39 is 11.2 Å². The lowest BCUT2D eigenvalue weighted by Gasteiger charge is -2.37. The molecule has 0 atom stereocenters. The van der Waals surface area contributed by atoms with Crippen LogP contribution in [-0.2, 0) is 20.7 Å². The van der Waals surface area contributed by atoms with E-state index >= 15 is 0 Å². The third kappa shape index (κ3) is 5.61. The lowest BCUT2D eigenvalue weighted by Crippen LogP contribution is -2.49. The topological polar surface area (TPSA) is 47.9 Å². The van der Waals surface area contributed by atoms with Crippen LogP contribution in [0.2, 0.25) is 0 Å². The molecular weight excluding hydrogens is 291 g/mol. The molecule has 2 rings (SSSR count). The van der Waals surface area contributed by atoms with E-state index in [2.05, 4.69) is 12.1 Å². The summed E-state index contributed by atoms with van der Waals surface area (Å²) in [4.78, 5) is 0. The molecule has 127 valence electrons. The lowest BCUT2D eigenvalue weighted by atomic mass is 9.82. The molecule has 4 nitrogen and oxygen atoms in total. The first kappa shape index (κ1) is 18.5. The summed E-state index contributed by atoms with van der Waals surface area (Å²) in [5, 5.41) is 10.1. The first-order valence-corrected chi connectivity index (χ1v) is 8.30. The van der Waals surface area contributed by atoms with E-state index in [1.54, 1.807) is 21.3 Å². The second-order valence-electron chi connectivity index (χ2n) is 7.17. The summed E-state index contributed by atoms with van der Waals surface area (Å²) in [6, 6.07) is 8.09. The first-order chi connectivity index (χ1) is 10.8. The van der Waals surface area contributed by atoms with Gasteiger partial charge in [-0.3, -0.25) is 0 Å². The molecule has 0 amide bonds. The van der Waals surface area contributed by atoms with Crippen molar-refractivity contribution < 1.29 is 19.2 Å². The standard InChI is InChI=1S/C18H28BO4/c1-17(2,20)18(3,4)23-19-15-7-5-6-14(12-15)13-22-16-8-10-21-11-9-16/h5-7,12,16,20H,8-11,13H2,1-4H3. The highest BCUT2D eigenvalue weighted by Gasteiger charge is 2.35. The number of benzene rings is 1. The Morgan fingerprint density at radius 3 is 2.57 bits per heavy atom. The molecule has 0 aliphatic carbocycles. The average molecular weight is 319 g/mol. The zero-order valence-corrected chi connectivity index (χ0v) is 14.7. The molecular formula is C18H28BO4. The van der Waals surface area contributed by atoms with Crippen LogP contribution in [0.5, 0.6) is 0 Å². The second-order valence-corrected chi connectivity index (χ2v) is 7.17. The van der Waals surface area contributed by atoms with Crippen molar-refractivity contribution in [3.05, 3.63) is 29.8 Å². The molecule has 1 saturated heterocycles. The molecule has 1 aromatic rings. The lowest BCUT2D eigenvalue weighted by molar-refractivity contribution is -0.0893. The van der Waals surface area contributed by atoms with Gasteiger partial charge in [0.15, 0.2) is 0 Å². The van der Waals surface area contributed by atoms with E-state index in [4.69, 9.17) is 14.1 Å². The van der Waals surface area contributed by atoms with Gasteiger partial charge in [-0.1, -0.05) is 29.7 Å². The minimum Gasteiger partial charge on any atom is -0.427 e. The fraction of sp³-hybridized carbons (Fsp3) is 0.667. The van der Waals surface area contributed by atoms with Crippen molar-refractivity contribution in [3.63, 3.8) is 0 Å². The normalized spacial score (nSPS) is 17.3. The van der Waals surface area contributed by atoms with Gasteiger partial charge in [0.1, 0.15) is 0 Å². The summed E-state index contributed by atoms with van der Waals surface area (Å²) >= 11 is 0. The fourth-order valence-electron chi connectivity index (χ4n) is 2.17. The molecule has 1 aliphatic rings. The molecule has 1 N–H and O–H groups in total. The van der Waals surface area contributed by atoms with Gasteiger partial charge in [-0.25, -0.2) is 0 Å². The van der Waals surface area contributed by atoms with Gasteiger partial charge in [0, 0.05) is 13.2 Å². The number of hydrogen-bond acceptors (Lipinski definition) is 4. The second kappa shape index (κ2) is 7.80. The molecule has 1 fully saturated rings. The molecule has 0 bridgehead atoms. The molecule has 1 radical (unpaired) electrons. The van der Waals surface area contributed by atoms with Crippen LogP contribution in [0.4, 0.5) is 0 Å². The van der Waals surface area contributed by atoms with Crippen LogP contribution in [-0.4, -0.2) is 43.1 Å². The summed E-state index contributed by atoms with van der Waals surface area (Å²) in [7, 11) is 1.70. The van der Waals surface area contributed by atoms with Crippen LogP contribution in [0.1, 0.15) is 46.1 Å². The summed E-state index contributed by atoms with van der Waals surface area (Å²) < 4.78 is 17.1. The predicted octanol–water partition coefficient (Wildman–Crippen LogP) is 2.19. The molecule has 23 heavy (non-hydrogen) atoms. The van der Waals surface area contributed by atoms with Crippen molar-refractivity contribution in [1.82, 2.24) is 0 Å². The summed E-state index contributed by atoms with van der Waals surface area (Å²) in [6.45, 7) is 9.43. The van der Waals surface area contributed by atoms with Crippen LogP contribution in [0.3, 0.4) is 0 Å². The van der Waals surface area contributed by atoms with Gasteiger partial charge in [-0.2, -0.15) is 0 Å². The van der Waals surface area contributed by atoms with Crippen molar-refractivity contribution in [2.24, 2.45) is 0 Å². The zero-order chi connectivity index (χ0) is 16.9. The summed E-state index contributed by atoms with van der Waals surface area (Å²) in [6.07, 6.45) is 2.23. The van der Waals surface area contributed by atoms with Gasteiger partial charge >= 0.3 is 7.48 Å². The van der Waals surface area contributed by atoms with Crippen molar-refractivity contribution in [3.8, 4) is 0 Å². The van der Waals surface area contributed by atoms with Crippen molar-refractivity contribution in [2.75, 3.05) is 13.2 Å². The first-order valence-electron chi connectivity index (χ1n) is 8.30. The van der Waals surface area contributed by atoms with Gasteiger partial charge in [-0.05, 0) is 46.1 Å². The average Bonchev–Trinajstić information content (AvgIpc) is 2.51. The highest BCUT2D eigenvalue weighted by Crippen LogP contribution is 2.24. The Hall–Kier alpha value is -0.875. The largest absolute Gasteiger partial charge is 0.427 e. The van der Waals surface area contributed by atoms with Gasteiger partial charge in [0.05, 0.1) is 23.9 Å². The van der Waals surface area contributed by atoms with Crippen molar-refractivity contribution in [1.29, 1.82) is 0 Å². The Labute approximate surface area is 140 Å². The van der Waals surface area contributed by atoms with E-state index in [0.29, 0.717) is 12.7 Å². The van der Waals surface area contributed by atoms with Gasteiger partial charge in [0.2, 0.25) is 0 Å². The highest BCUT2D eigenvalue weighted by atomic mass is 16.5. The Bertz CT molecular complexity index is 490. The van der Waals surface area contributed by atoms with Crippen LogP contribution >= 0.6 is 0 Å². The number of ether oxygens (including phenoxy) is 2. The molecule has 5 heteroatoms. The monoisotopic (exact) mass is 319 g/mol. The Kier molecular flexibility index (Phi) is 6.26. The molecule has 0 aromatic heterocycles. The van der Waals surface area contributed by atoms with Crippen LogP contribution in [0.15, 0.2) is 24.3 Å². The smallest absolute Gasteiger partial charge is 0.330 e. The van der Waals surface area contributed by atoms with Crippen molar-refractivity contribution in [2.45, 2.75) is 64.4 Å². The number of hydrogen-bond donors (Lipinski definition) is 1. The fourth-order valence-corrected chi connectivity index (χ4v) is 2.17. The van der Waals surface area contributed by atoms with E-state index in [9.17, 15) is 5.11 Å². The Balaban J connectivity index is 1.87. The third-order valence-electron chi connectivity index (χ3n) is 4.57. The minimum atomic E-state index is -0.923. The molecule has 0 saturated carbocycles. The maximum Gasteiger partial charge on any atom is 0.330 e. The Morgan fingerprint density at radius 1 is 1.22 bits per heavy atom. The quantitative estimate of drug-likeness (QED) is 0.783. The molecule has 1 aromatic carbocycles. The maximum atomic E-state index is 10.1. The predicted molar refractivity (Wildman–Crippen MR) is 91.9 cm³/mol. The maximum absolute atomic E-state index is 10.1. The zero-order valence-electron chi connectivity index (χ0n) is 14.7. The molecule has 0 spiro atoms. The Morgan fingerprint density at radius 2 is 1.91 bits per heavy atom. The number of aliphatic hydroxyl groups is 1. The SMILES string of the molecule is CC(C)(O)C(C)(C)O[B]c1cccc(COC2CCOCC2)c1. The van der Waals surface area contributed by atoms with Gasteiger partial charge in [-0.15, -0.1) is 0 Å². The van der Waals surface area contributed by atoms with Crippen LogP contribution < -0.4 is 5.46 Å². The number of rotatable bonds is 7. The molecule has 1 aliphatic heterocycles. The van der Waals surface area contributed by atoms with Gasteiger partial charge in [0.25, 0.3) is 0 Å². The summed E-state index contributed by atoms with van der Waals surface area (Å²) in [5.74, 6) is 0. The summed E-state index contributed by atoms with van der Waals surface area (Å²) in [5.41, 5.74) is 0.500.